The maximum atomic E-state index is 11.4. The maximum Gasteiger partial charge on any atom is 0.267 e. The summed E-state index contributed by atoms with van der Waals surface area (Å²) in [6.45, 7) is 4.67. The maximum absolute atomic E-state index is 11.4. The van der Waals surface area contributed by atoms with Crippen LogP contribution >= 0.6 is 0 Å². The molecule has 0 saturated heterocycles. The zero-order valence-electron chi connectivity index (χ0n) is 8.46. The minimum atomic E-state index is -0.182. The minimum Gasteiger partial charge on any atom is -0.351 e. The van der Waals surface area contributed by atoms with Gasteiger partial charge >= 0.3 is 0 Å². The molecule has 0 unspecified atom stereocenters. The molecule has 2 N–H and O–H groups in total. The van der Waals surface area contributed by atoms with Crippen LogP contribution in [-0.4, -0.2) is 24.1 Å². The third kappa shape index (κ3) is 3.16. The van der Waals surface area contributed by atoms with Crippen LogP contribution in [0, 0.1) is 5.92 Å². The van der Waals surface area contributed by atoms with Gasteiger partial charge in [0.15, 0.2) is 0 Å². The largest absolute Gasteiger partial charge is 0.351 e. The average molecular weight is 197 g/mol. The van der Waals surface area contributed by atoms with Crippen LogP contribution < -0.4 is 10.7 Å². The molecular weight excluding hydrogens is 182 g/mol. The van der Waals surface area contributed by atoms with E-state index in [0.717, 1.165) is 0 Å². The molecule has 1 heterocycles. The lowest BCUT2D eigenvalue weighted by Gasteiger charge is -2.12. The SMILES string of the molecule is CC(C)CNC(=O)C1=NNC(=O)CC1. The lowest BCUT2D eigenvalue weighted by atomic mass is 10.1. The Labute approximate surface area is 82.9 Å². The lowest BCUT2D eigenvalue weighted by molar-refractivity contribution is -0.121. The highest BCUT2D eigenvalue weighted by molar-refractivity contribution is 6.39. The van der Waals surface area contributed by atoms with Crippen LogP contribution in [0.15, 0.2) is 5.10 Å². The van der Waals surface area contributed by atoms with Crippen molar-refractivity contribution in [2.45, 2.75) is 26.7 Å². The van der Waals surface area contributed by atoms with Gasteiger partial charge in [0.05, 0.1) is 0 Å². The molecule has 0 aliphatic carbocycles. The van der Waals surface area contributed by atoms with Crippen LogP contribution in [0.1, 0.15) is 26.7 Å². The van der Waals surface area contributed by atoms with Crippen molar-refractivity contribution in [1.29, 1.82) is 0 Å². The van der Waals surface area contributed by atoms with E-state index in [1.54, 1.807) is 0 Å². The molecule has 5 heteroatoms. The van der Waals surface area contributed by atoms with Gasteiger partial charge in [-0.05, 0) is 5.92 Å². The first-order valence-electron chi connectivity index (χ1n) is 4.73. The lowest BCUT2D eigenvalue weighted by Crippen LogP contribution is -2.38. The normalized spacial score (nSPS) is 16.2. The van der Waals surface area contributed by atoms with E-state index in [0.29, 0.717) is 31.0 Å². The molecule has 0 spiro atoms. The number of nitrogens with zero attached hydrogens (tertiary/aromatic N) is 1. The quantitative estimate of drug-likeness (QED) is 0.669. The fourth-order valence-electron chi connectivity index (χ4n) is 1.04. The van der Waals surface area contributed by atoms with Crippen molar-refractivity contribution in [2.24, 2.45) is 11.0 Å². The molecule has 0 aromatic carbocycles. The Morgan fingerprint density at radius 3 is 2.79 bits per heavy atom. The first-order chi connectivity index (χ1) is 6.59. The van der Waals surface area contributed by atoms with Crippen LogP contribution in [0.2, 0.25) is 0 Å². The Hall–Kier alpha value is -1.39. The second kappa shape index (κ2) is 4.74. The molecule has 5 nitrogen and oxygen atoms in total. The first-order valence-corrected chi connectivity index (χ1v) is 4.73. The van der Waals surface area contributed by atoms with Crippen LogP contribution in [-0.2, 0) is 9.59 Å². The summed E-state index contributed by atoms with van der Waals surface area (Å²) in [6.07, 6.45) is 0.768. The molecule has 0 radical (unpaired) electrons. The van der Waals surface area contributed by atoms with Gasteiger partial charge in [-0.25, -0.2) is 5.43 Å². The fourth-order valence-corrected chi connectivity index (χ4v) is 1.04. The van der Waals surface area contributed by atoms with E-state index >= 15 is 0 Å². The van der Waals surface area contributed by atoms with Gasteiger partial charge in [-0.15, -0.1) is 0 Å². The molecule has 0 bridgehead atoms. The highest BCUT2D eigenvalue weighted by Crippen LogP contribution is 1.99. The van der Waals surface area contributed by atoms with E-state index in [1.807, 2.05) is 13.8 Å². The van der Waals surface area contributed by atoms with Crippen molar-refractivity contribution in [3.63, 3.8) is 0 Å². The van der Waals surface area contributed by atoms with Gasteiger partial charge in [-0.2, -0.15) is 5.10 Å². The van der Waals surface area contributed by atoms with Crippen molar-refractivity contribution >= 4 is 17.5 Å². The summed E-state index contributed by atoms with van der Waals surface area (Å²) >= 11 is 0. The van der Waals surface area contributed by atoms with Crippen molar-refractivity contribution < 1.29 is 9.59 Å². The number of hydrogen-bond donors (Lipinski definition) is 2. The molecule has 1 rings (SSSR count). The summed E-state index contributed by atoms with van der Waals surface area (Å²) in [4.78, 5) is 22.2. The van der Waals surface area contributed by atoms with Crippen LogP contribution in [0.3, 0.4) is 0 Å². The van der Waals surface area contributed by atoms with Gasteiger partial charge in [-0.3, -0.25) is 9.59 Å². The predicted octanol–water partition coefficient (Wildman–Crippen LogP) is 0.0246. The molecule has 14 heavy (non-hydrogen) atoms. The average Bonchev–Trinajstić information content (AvgIpc) is 2.15. The summed E-state index contributed by atoms with van der Waals surface area (Å²) in [7, 11) is 0. The number of nitrogens with one attached hydrogen (secondary N) is 2. The molecule has 78 valence electrons. The number of carbonyl (C=O) groups excluding carboxylic acids is 2. The first kappa shape index (κ1) is 10.7. The van der Waals surface area contributed by atoms with Crippen LogP contribution in [0.5, 0.6) is 0 Å². The minimum absolute atomic E-state index is 0.134. The molecule has 0 aromatic rings. The van der Waals surface area contributed by atoms with Crippen molar-refractivity contribution in [3.05, 3.63) is 0 Å². The molecule has 0 saturated carbocycles. The van der Waals surface area contributed by atoms with Gasteiger partial charge in [0.1, 0.15) is 5.71 Å². The van der Waals surface area contributed by atoms with E-state index in [1.165, 1.54) is 0 Å². The number of hydrazone groups is 1. The number of hydrogen-bond acceptors (Lipinski definition) is 3. The van der Waals surface area contributed by atoms with Gasteiger partial charge in [0.25, 0.3) is 5.91 Å². The van der Waals surface area contributed by atoms with Crippen LogP contribution in [0.4, 0.5) is 0 Å². The van der Waals surface area contributed by atoms with E-state index < -0.39 is 0 Å². The number of amides is 2. The van der Waals surface area contributed by atoms with E-state index in [4.69, 9.17) is 0 Å². The zero-order valence-corrected chi connectivity index (χ0v) is 8.46. The number of carbonyl (C=O) groups is 2. The predicted molar refractivity (Wildman–Crippen MR) is 52.7 cm³/mol. The summed E-state index contributed by atoms with van der Waals surface area (Å²) in [6, 6.07) is 0. The third-order valence-corrected chi connectivity index (χ3v) is 1.84. The highest BCUT2D eigenvalue weighted by Gasteiger charge is 2.17. The van der Waals surface area contributed by atoms with Gasteiger partial charge in [0.2, 0.25) is 5.91 Å². The topological polar surface area (TPSA) is 70.6 Å². The number of rotatable bonds is 3. The summed E-state index contributed by atoms with van der Waals surface area (Å²) in [5.74, 6) is 0.0989. The van der Waals surface area contributed by atoms with Crippen molar-refractivity contribution in [1.82, 2.24) is 10.7 Å². The zero-order chi connectivity index (χ0) is 10.6. The fraction of sp³-hybridized carbons (Fsp3) is 0.667. The van der Waals surface area contributed by atoms with Crippen LogP contribution in [0.25, 0.3) is 0 Å². The monoisotopic (exact) mass is 197 g/mol. The summed E-state index contributed by atoms with van der Waals surface area (Å²) in [5, 5.41) is 6.44. The molecule has 1 aliphatic rings. The Kier molecular flexibility index (Phi) is 3.62. The van der Waals surface area contributed by atoms with Gasteiger partial charge < -0.3 is 5.32 Å². The molecule has 0 fully saturated rings. The molecule has 2 amide bonds. The Balaban J connectivity index is 2.41. The van der Waals surface area contributed by atoms with E-state index in [-0.39, 0.29) is 11.8 Å². The Morgan fingerprint density at radius 2 is 2.29 bits per heavy atom. The summed E-state index contributed by atoms with van der Waals surface area (Å²) < 4.78 is 0. The van der Waals surface area contributed by atoms with E-state index in [9.17, 15) is 9.59 Å². The molecule has 1 aliphatic heterocycles. The highest BCUT2D eigenvalue weighted by atomic mass is 16.2. The third-order valence-electron chi connectivity index (χ3n) is 1.84. The van der Waals surface area contributed by atoms with Crippen molar-refractivity contribution in [3.8, 4) is 0 Å². The molecule has 0 aromatic heterocycles. The van der Waals surface area contributed by atoms with E-state index in [2.05, 4.69) is 15.8 Å². The standard InChI is InChI=1S/C9H15N3O2/c1-6(2)5-10-9(14)7-3-4-8(13)12-11-7/h6H,3-5H2,1-2H3,(H,10,14)(H,12,13). The van der Waals surface area contributed by atoms with Gasteiger partial charge in [-0.1, -0.05) is 13.8 Å². The van der Waals surface area contributed by atoms with Gasteiger partial charge in [0, 0.05) is 19.4 Å². The molecule has 0 atom stereocenters. The van der Waals surface area contributed by atoms with Crippen molar-refractivity contribution in [2.75, 3.05) is 6.54 Å². The second-order valence-electron chi connectivity index (χ2n) is 3.70. The Morgan fingerprint density at radius 1 is 1.57 bits per heavy atom. The smallest absolute Gasteiger partial charge is 0.267 e. The molecular formula is C9H15N3O2. The Bertz CT molecular complexity index is 271. The second-order valence-corrected chi connectivity index (χ2v) is 3.70. The summed E-state index contributed by atoms with van der Waals surface area (Å²) in [5.41, 5.74) is 2.70.